The van der Waals surface area contributed by atoms with Gasteiger partial charge in [0.2, 0.25) is 0 Å². The van der Waals surface area contributed by atoms with Gasteiger partial charge in [-0.2, -0.15) is 0 Å². The minimum Gasteiger partial charge on any atom is -0.309 e. The highest BCUT2D eigenvalue weighted by Gasteiger charge is 2.25. The first-order chi connectivity index (χ1) is 9.24. The Morgan fingerprint density at radius 3 is 2.74 bits per heavy atom. The monoisotopic (exact) mass is 255 g/mol. The van der Waals surface area contributed by atoms with Gasteiger partial charge in [-0.05, 0) is 41.2 Å². The molecule has 2 aromatic rings. The molecule has 0 aliphatic carbocycles. The minimum absolute atomic E-state index is 0.144. The number of rotatable bonds is 2. The molecule has 0 saturated carbocycles. The molecule has 0 saturated heterocycles. The molecule has 2 aromatic carbocycles. The second kappa shape index (κ2) is 5.14. The van der Waals surface area contributed by atoms with E-state index in [4.69, 9.17) is 0 Å². The van der Waals surface area contributed by atoms with Crippen LogP contribution in [0.15, 0.2) is 48.5 Å². The molecule has 0 spiro atoms. The van der Waals surface area contributed by atoms with Gasteiger partial charge in [0.05, 0.1) is 0 Å². The van der Waals surface area contributed by atoms with Crippen molar-refractivity contribution in [3.05, 3.63) is 71.0 Å². The molecule has 1 N–H and O–H groups in total. The summed E-state index contributed by atoms with van der Waals surface area (Å²) >= 11 is 0. The quantitative estimate of drug-likeness (QED) is 0.864. The zero-order chi connectivity index (χ0) is 13.2. The summed E-state index contributed by atoms with van der Waals surface area (Å²) in [6.07, 6.45) is 1.01. The summed E-state index contributed by atoms with van der Waals surface area (Å²) in [5.41, 5.74) is 3.72. The number of hydrogen-bond acceptors (Lipinski definition) is 1. The topological polar surface area (TPSA) is 12.0 Å². The Hall–Kier alpha value is -1.67. The molecule has 1 heterocycles. The van der Waals surface area contributed by atoms with Crippen molar-refractivity contribution in [3.8, 4) is 0 Å². The van der Waals surface area contributed by atoms with Gasteiger partial charge in [0.25, 0.3) is 0 Å². The Morgan fingerprint density at radius 1 is 1.16 bits per heavy atom. The standard InChI is InChI=1S/C17H18FN/c1-12-16-8-7-15(18)10-14(16)11-19-17(12)9-13-5-3-2-4-6-13/h2-8,10,12,17,19H,9,11H2,1H3. The van der Waals surface area contributed by atoms with Crippen LogP contribution in [0.2, 0.25) is 0 Å². The highest BCUT2D eigenvalue weighted by atomic mass is 19.1. The van der Waals surface area contributed by atoms with Crippen LogP contribution in [-0.2, 0) is 13.0 Å². The maximum Gasteiger partial charge on any atom is 0.123 e. The van der Waals surface area contributed by atoms with Crippen LogP contribution < -0.4 is 5.32 Å². The van der Waals surface area contributed by atoms with Crippen LogP contribution in [0.5, 0.6) is 0 Å². The van der Waals surface area contributed by atoms with Crippen molar-refractivity contribution in [1.82, 2.24) is 5.32 Å². The van der Waals surface area contributed by atoms with E-state index in [9.17, 15) is 4.39 Å². The summed E-state index contributed by atoms with van der Waals surface area (Å²) < 4.78 is 13.2. The zero-order valence-electron chi connectivity index (χ0n) is 11.1. The molecule has 2 heteroatoms. The van der Waals surface area contributed by atoms with Gasteiger partial charge >= 0.3 is 0 Å². The van der Waals surface area contributed by atoms with Gasteiger partial charge < -0.3 is 5.32 Å². The molecule has 2 unspecified atom stereocenters. The van der Waals surface area contributed by atoms with E-state index in [-0.39, 0.29) is 5.82 Å². The Labute approximate surface area is 113 Å². The van der Waals surface area contributed by atoms with Crippen LogP contribution in [0, 0.1) is 5.82 Å². The van der Waals surface area contributed by atoms with Crippen LogP contribution in [0.1, 0.15) is 29.5 Å². The summed E-state index contributed by atoms with van der Waals surface area (Å²) in [6, 6.07) is 16.1. The maximum atomic E-state index is 13.2. The van der Waals surface area contributed by atoms with Gasteiger partial charge in [0.1, 0.15) is 5.82 Å². The highest BCUT2D eigenvalue weighted by molar-refractivity contribution is 5.34. The summed E-state index contributed by atoms with van der Waals surface area (Å²) in [5.74, 6) is 0.263. The Bertz CT molecular complexity index is 565. The second-order valence-corrected chi connectivity index (χ2v) is 5.31. The molecule has 0 radical (unpaired) electrons. The molecule has 1 aliphatic heterocycles. The van der Waals surface area contributed by atoms with Crippen molar-refractivity contribution >= 4 is 0 Å². The predicted octanol–water partition coefficient (Wildman–Crippen LogP) is 3.64. The maximum absolute atomic E-state index is 13.2. The smallest absolute Gasteiger partial charge is 0.123 e. The van der Waals surface area contributed by atoms with Crippen molar-refractivity contribution in [2.75, 3.05) is 0 Å². The lowest BCUT2D eigenvalue weighted by Crippen LogP contribution is -2.39. The molecule has 0 fully saturated rings. The van der Waals surface area contributed by atoms with Gasteiger partial charge in [-0.25, -0.2) is 4.39 Å². The van der Waals surface area contributed by atoms with E-state index >= 15 is 0 Å². The second-order valence-electron chi connectivity index (χ2n) is 5.31. The molecule has 0 amide bonds. The van der Waals surface area contributed by atoms with Crippen molar-refractivity contribution in [1.29, 1.82) is 0 Å². The van der Waals surface area contributed by atoms with E-state index in [1.165, 1.54) is 11.1 Å². The summed E-state index contributed by atoms with van der Waals surface area (Å²) in [4.78, 5) is 0. The number of benzene rings is 2. The average Bonchev–Trinajstić information content (AvgIpc) is 2.43. The molecule has 98 valence electrons. The number of nitrogens with one attached hydrogen (secondary N) is 1. The lowest BCUT2D eigenvalue weighted by molar-refractivity contribution is 0.415. The Morgan fingerprint density at radius 2 is 1.95 bits per heavy atom. The third-order valence-electron chi connectivity index (χ3n) is 4.05. The van der Waals surface area contributed by atoms with Crippen LogP contribution in [0.4, 0.5) is 4.39 Å². The Kier molecular flexibility index (Phi) is 3.34. The fourth-order valence-electron chi connectivity index (χ4n) is 2.92. The van der Waals surface area contributed by atoms with Gasteiger partial charge in [-0.15, -0.1) is 0 Å². The average molecular weight is 255 g/mol. The van der Waals surface area contributed by atoms with Gasteiger partial charge in [0, 0.05) is 12.6 Å². The SMILES string of the molecule is CC1c2ccc(F)cc2CNC1Cc1ccccc1. The van der Waals surface area contributed by atoms with E-state index in [0.717, 1.165) is 18.5 Å². The zero-order valence-corrected chi connectivity index (χ0v) is 11.1. The molecule has 1 nitrogen and oxygen atoms in total. The lowest BCUT2D eigenvalue weighted by Gasteiger charge is -2.32. The van der Waals surface area contributed by atoms with Crippen molar-refractivity contribution in [2.24, 2.45) is 0 Å². The van der Waals surface area contributed by atoms with E-state index < -0.39 is 0 Å². The van der Waals surface area contributed by atoms with Gasteiger partial charge in [-0.1, -0.05) is 43.3 Å². The van der Waals surface area contributed by atoms with Crippen molar-refractivity contribution in [2.45, 2.75) is 31.8 Å². The van der Waals surface area contributed by atoms with Crippen LogP contribution >= 0.6 is 0 Å². The first-order valence-corrected chi connectivity index (χ1v) is 6.79. The highest BCUT2D eigenvalue weighted by Crippen LogP contribution is 2.29. The molecular formula is C17H18FN. The van der Waals surface area contributed by atoms with Crippen LogP contribution in [0.25, 0.3) is 0 Å². The number of fused-ring (bicyclic) bond motifs is 1. The third kappa shape index (κ3) is 2.54. The molecule has 2 atom stereocenters. The van der Waals surface area contributed by atoms with Crippen LogP contribution in [-0.4, -0.2) is 6.04 Å². The molecule has 1 aliphatic rings. The van der Waals surface area contributed by atoms with Gasteiger partial charge in [-0.3, -0.25) is 0 Å². The molecule has 19 heavy (non-hydrogen) atoms. The normalized spacial score (nSPS) is 22.0. The van der Waals surface area contributed by atoms with E-state index in [0.29, 0.717) is 12.0 Å². The third-order valence-corrected chi connectivity index (χ3v) is 4.05. The first-order valence-electron chi connectivity index (χ1n) is 6.79. The summed E-state index contributed by atoms with van der Waals surface area (Å²) in [7, 11) is 0. The molecular weight excluding hydrogens is 237 g/mol. The van der Waals surface area contributed by atoms with E-state index in [2.05, 4.69) is 36.5 Å². The van der Waals surface area contributed by atoms with Gasteiger partial charge in [0.15, 0.2) is 0 Å². The van der Waals surface area contributed by atoms with Crippen molar-refractivity contribution < 1.29 is 4.39 Å². The number of hydrogen-bond donors (Lipinski definition) is 1. The molecule has 0 bridgehead atoms. The van der Waals surface area contributed by atoms with Crippen LogP contribution in [0.3, 0.4) is 0 Å². The summed E-state index contributed by atoms with van der Waals surface area (Å²) in [5, 5.41) is 3.53. The summed E-state index contributed by atoms with van der Waals surface area (Å²) in [6.45, 7) is 2.98. The van der Waals surface area contributed by atoms with E-state index in [1.807, 2.05) is 12.1 Å². The molecule has 0 aromatic heterocycles. The molecule has 3 rings (SSSR count). The fourth-order valence-corrected chi connectivity index (χ4v) is 2.92. The Balaban J connectivity index is 1.82. The first kappa shape index (κ1) is 12.4. The predicted molar refractivity (Wildman–Crippen MR) is 75.6 cm³/mol. The lowest BCUT2D eigenvalue weighted by atomic mass is 9.83. The van der Waals surface area contributed by atoms with Crippen molar-refractivity contribution in [3.63, 3.8) is 0 Å². The fraction of sp³-hybridized carbons (Fsp3) is 0.294. The van der Waals surface area contributed by atoms with E-state index in [1.54, 1.807) is 12.1 Å². The number of halogens is 1. The largest absolute Gasteiger partial charge is 0.309 e. The minimum atomic E-state index is -0.144.